The van der Waals surface area contributed by atoms with Gasteiger partial charge in [0, 0.05) is 31.7 Å². The molecule has 0 spiro atoms. The zero-order valence-corrected chi connectivity index (χ0v) is 11.4. The van der Waals surface area contributed by atoms with Crippen molar-refractivity contribution < 1.29 is 0 Å². The minimum atomic E-state index is 0.369. The van der Waals surface area contributed by atoms with Gasteiger partial charge in [0.1, 0.15) is 5.82 Å². The van der Waals surface area contributed by atoms with E-state index in [4.69, 9.17) is 5.73 Å². The van der Waals surface area contributed by atoms with E-state index < -0.39 is 0 Å². The van der Waals surface area contributed by atoms with E-state index in [9.17, 15) is 0 Å². The summed E-state index contributed by atoms with van der Waals surface area (Å²) in [6.07, 6.45) is 2.73. The predicted molar refractivity (Wildman–Crippen MR) is 75.9 cm³/mol. The minimum absolute atomic E-state index is 0.369. The second-order valence-electron chi connectivity index (χ2n) is 5.54. The Labute approximate surface area is 113 Å². The molecule has 0 aromatic carbocycles. The first-order valence-corrected chi connectivity index (χ1v) is 7.01. The van der Waals surface area contributed by atoms with Crippen molar-refractivity contribution in [3.8, 4) is 0 Å². The molecule has 104 valence electrons. The highest BCUT2D eigenvalue weighted by Gasteiger charge is 2.26. The quantitative estimate of drug-likeness (QED) is 0.668. The fourth-order valence-corrected chi connectivity index (χ4v) is 2.33. The Morgan fingerprint density at radius 3 is 2.84 bits per heavy atom. The molecule has 1 saturated carbocycles. The van der Waals surface area contributed by atoms with Crippen LogP contribution in [0.25, 0.3) is 0 Å². The van der Waals surface area contributed by atoms with Gasteiger partial charge in [-0.15, -0.1) is 0 Å². The van der Waals surface area contributed by atoms with Crippen LogP contribution in [0.3, 0.4) is 0 Å². The summed E-state index contributed by atoms with van der Waals surface area (Å²) in [7, 11) is 1.99. The molecule has 0 bridgehead atoms. The molecule has 0 amide bonds. The topological polar surface area (TPSA) is 79.1 Å². The summed E-state index contributed by atoms with van der Waals surface area (Å²) in [6, 6.07) is 2.61. The summed E-state index contributed by atoms with van der Waals surface area (Å²) in [5, 5.41) is 6.69. The molecule has 0 atom stereocenters. The average molecular weight is 262 g/mol. The van der Waals surface area contributed by atoms with Crippen molar-refractivity contribution in [1.29, 1.82) is 0 Å². The molecule has 4 N–H and O–H groups in total. The fourth-order valence-electron chi connectivity index (χ4n) is 2.33. The lowest BCUT2D eigenvalue weighted by Gasteiger charge is -2.40. The van der Waals surface area contributed by atoms with Gasteiger partial charge in [0.2, 0.25) is 5.95 Å². The molecule has 1 aromatic rings. The van der Waals surface area contributed by atoms with Crippen LogP contribution in [0.2, 0.25) is 0 Å². The highest BCUT2D eigenvalue weighted by atomic mass is 15.3. The van der Waals surface area contributed by atoms with Crippen LogP contribution in [-0.2, 0) is 6.54 Å². The van der Waals surface area contributed by atoms with Crippen LogP contribution < -0.4 is 21.3 Å². The number of aromatic nitrogens is 2. The number of anilines is 2. The highest BCUT2D eigenvalue weighted by Crippen LogP contribution is 2.27. The highest BCUT2D eigenvalue weighted by molar-refractivity contribution is 5.46. The van der Waals surface area contributed by atoms with Crippen LogP contribution in [0.1, 0.15) is 18.5 Å². The number of nitrogens with one attached hydrogen (secondary N) is 2. The Morgan fingerprint density at radius 1 is 1.37 bits per heavy atom. The monoisotopic (exact) mass is 262 g/mol. The van der Waals surface area contributed by atoms with E-state index in [1.165, 1.54) is 12.8 Å². The number of hydrogen-bond acceptors (Lipinski definition) is 6. The third-order valence-corrected chi connectivity index (χ3v) is 3.83. The molecular formula is C13H22N6. The lowest BCUT2D eigenvalue weighted by Crippen LogP contribution is -2.57. The molecule has 1 saturated heterocycles. The van der Waals surface area contributed by atoms with E-state index in [1.807, 2.05) is 13.1 Å². The van der Waals surface area contributed by atoms with Gasteiger partial charge < -0.3 is 21.3 Å². The molecule has 1 aliphatic heterocycles. The van der Waals surface area contributed by atoms with Crippen molar-refractivity contribution in [2.45, 2.75) is 25.4 Å². The zero-order valence-electron chi connectivity index (χ0n) is 11.4. The maximum Gasteiger partial charge on any atom is 0.222 e. The van der Waals surface area contributed by atoms with E-state index in [0.717, 1.165) is 43.6 Å². The first kappa shape index (κ1) is 12.6. The second kappa shape index (κ2) is 5.30. The van der Waals surface area contributed by atoms with Crippen LogP contribution in [0, 0.1) is 5.92 Å². The Morgan fingerprint density at radius 2 is 2.16 bits per heavy atom. The third-order valence-electron chi connectivity index (χ3n) is 3.83. The van der Waals surface area contributed by atoms with E-state index in [1.54, 1.807) is 0 Å². The van der Waals surface area contributed by atoms with Gasteiger partial charge >= 0.3 is 0 Å². The molecule has 1 aliphatic carbocycles. The van der Waals surface area contributed by atoms with Gasteiger partial charge in [-0.2, -0.15) is 4.98 Å². The van der Waals surface area contributed by atoms with Crippen LogP contribution in [-0.4, -0.2) is 42.7 Å². The smallest absolute Gasteiger partial charge is 0.222 e. The van der Waals surface area contributed by atoms with Gasteiger partial charge in [-0.1, -0.05) is 0 Å². The Balaban J connectivity index is 1.59. The summed E-state index contributed by atoms with van der Waals surface area (Å²) >= 11 is 0. The summed E-state index contributed by atoms with van der Waals surface area (Å²) in [5.41, 5.74) is 6.78. The summed E-state index contributed by atoms with van der Waals surface area (Å²) in [6.45, 7) is 3.84. The van der Waals surface area contributed by atoms with Crippen LogP contribution >= 0.6 is 0 Å². The molecular weight excluding hydrogens is 240 g/mol. The van der Waals surface area contributed by atoms with Gasteiger partial charge in [0.15, 0.2) is 0 Å². The van der Waals surface area contributed by atoms with Gasteiger partial charge in [0.05, 0.1) is 5.69 Å². The minimum Gasteiger partial charge on any atom is -0.368 e. The number of hydrogen-bond donors (Lipinski definition) is 3. The predicted octanol–water partition coefficient (Wildman–Crippen LogP) is -0.0336. The SMILES string of the molecule is CNC1CN(c2cc(CNCC3CC3)nc(N)n2)C1. The van der Waals surface area contributed by atoms with Crippen molar-refractivity contribution >= 4 is 11.8 Å². The standard InChI is InChI=1S/C13H22N6/c1-15-11-7-19(8-11)12-4-10(17-13(14)18-12)6-16-5-9-2-3-9/h4,9,11,15-16H,2-3,5-8H2,1H3,(H2,14,17,18). The van der Waals surface area contributed by atoms with E-state index in [2.05, 4.69) is 25.5 Å². The van der Waals surface area contributed by atoms with Gasteiger partial charge in [-0.3, -0.25) is 0 Å². The van der Waals surface area contributed by atoms with Crippen LogP contribution in [0.5, 0.6) is 0 Å². The van der Waals surface area contributed by atoms with Crippen molar-refractivity contribution in [3.05, 3.63) is 11.8 Å². The molecule has 2 aliphatic rings. The molecule has 2 fully saturated rings. The van der Waals surface area contributed by atoms with Gasteiger partial charge in [0.25, 0.3) is 0 Å². The lowest BCUT2D eigenvalue weighted by atomic mass is 10.1. The largest absolute Gasteiger partial charge is 0.368 e. The number of nitrogen functional groups attached to an aromatic ring is 1. The maximum atomic E-state index is 5.79. The van der Waals surface area contributed by atoms with Gasteiger partial charge in [-0.25, -0.2) is 4.98 Å². The first-order chi connectivity index (χ1) is 9.24. The Kier molecular flexibility index (Phi) is 3.52. The molecule has 6 nitrogen and oxygen atoms in total. The Hall–Kier alpha value is -1.40. The Bertz CT molecular complexity index is 439. The molecule has 1 aromatic heterocycles. The fraction of sp³-hybridized carbons (Fsp3) is 0.692. The van der Waals surface area contributed by atoms with Crippen LogP contribution in [0.4, 0.5) is 11.8 Å². The number of nitrogens with zero attached hydrogens (tertiary/aromatic N) is 3. The van der Waals surface area contributed by atoms with E-state index >= 15 is 0 Å². The number of rotatable bonds is 6. The van der Waals surface area contributed by atoms with E-state index in [0.29, 0.717) is 12.0 Å². The van der Waals surface area contributed by atoms with Crippen LogP contribution in [0.15, 0.2) is 6.07 Å². The zero-order chi connectivity index (χ0) is 13.2. The van der Waals surface area contributed by atoms with Gasteiger partial charge in [-0.05, 0) is 32.4 Å². The van der Waals surface area contributed by atoms with Crippen molar-refractivity contribution in [1.82, 2.24) is 20.6 Å². The second-order valence-corrected chi connectivity index (χ2v) is 5.54. The summed E-state index contributed by atoms with van der Waals surface area (Å²) in [5.74, 6) is 2.20. The number of nitrogens with two attached hydrogens (primary N) is 1. The molecule has 0 radical (unpaired) electrons. The molecule has 19 heavy (non-hydrogen) atoms. The lowest BCUT2D eigenvalue weighted by molar-refractivity contribution is 0.447. The van der Waals surface area contributed by atoms with E-state index in [-0.39, 0.29) is 0 Å². The first-order valence-electron chi connectivity index (χ1n) is 7.01. The molecule has 2 heterocycles. The summed E-state index contributed by atoms with van der Waals surface area (Å²) < 4.78 is 0. The molecule has 3 rings (SSSR count). The third kappa shape index (κ3) is 3.13. The molecule has 0 unspecified atom stereocenters. The van der Waals surface area contributed by atoms with Crippen molar-refractivity contribution in [3.63, 3.8) is 0 Å². The van der Waals surface area contributed by atoms with Crippen molar-refractivity contribution in [2.24, 2.45) is 5.92 Å². The molecule has 6 heteroatoms. The average Bonchev–Trinajstić information content (AvgIpc) is 3.11. The van der Waals surface area contributed by atoms with Crippen molar-refractivity contribution in [2.75, 3.05) is 37.3 Å². The number of likely N-dealkylation sites (N-methyl/N-ethyl adjacent to an activating group) is 1. The normalized spacial score (nSPS) is 19.5. The maximum absolute atomic E-state index is 5.79. The summed E-state index contributed by atoms with van der Waals surface area (Å²) in [4.78, 5) is 10.8.